The number of thiazole rings is 1. The predicted octanol–water partition coefficient (Wildman–Crippen LogP) is 3.24. The molecule has 1 N–H and O–H groups in total. The first kappa shape index (κ1) is 12.5. The van der Waals surface area contributed by atoms with Crippen LogP contribution in [0.2, 0.25) is 0 Å². The molecular formula is C12H11IN2OS. The highest BCUT2D eigenvalue weighted by Crippen LogP contribution is 2.12. The molecule has 1 heterocycles. The molecule has 17 heavy (non-hydrogen) atoms. The topological polar surface area (TPSA) is 42.0 Å². The van der Waals surface area contributed by atoms with E-state index in [1.54, 1.807) is 11.3 Å². The van der Waals surface area contributed by atoms with E-state index in [1.807, 2.05) is 36.6 Å². The van der Waals surface area contributed by atoms with Crippen molar-refractivity contribution in [1.29, 1.82) is 0 Å². The van der Waals surface area contributed by atoms with Crippen molar-refractivity contribution in [2.45, 2.75) is 13.3 Å². The molecule has 88 valence electrons. The summed E-state index contributed by atoms with van der Waals surface area (Å²) >= 11 is 3.79. The van der Waals surface area contributed by atoms with E-state index in [0.717, 1.165) is 20.0 Å². The highest BCUT2D eigenvalue weighted by molar-refractivity contribution is 14.1. The molecule has 0 aliphatic carbocycles. The number of carbonyl (C=O) groups excluding carboxylic acids is 1. The molecule has 2 rings (SSSR count). The van der Waals surface area contributed by atoms with Crippen LogP contribution in [0, 0.1) is 10.5 Å². The van der Waals surface area contributed by atoms with E-state index in [0.29, 0.717) is 6.42 Å². The lowest BCUT2D eigenvalue weighted by Crippen LogP contribution is -2.14. The van der Waals surface area contributed by atoms with Gasteiger partial charge in [0.25, 0.3) is 0 Å². The molecule has 0 saturated heterocycles. The maximum absolute atomic E-state index is 11.7. The number of anilines is 1. The lowest BCUT2D eigenvalue weighted by molar-refractivity contribution is -0.115. The number of aryl methyl sites for hydroxylation is 1. The zero-order valence-corrected chi connectivity index (χ0v) is 12.2. The molecule has 0 aliphatic rings. The molecule has 0 saturated carbocycles. The number of amides is 1. The molecule has 0 unspecified atom stereocenters. The molecule has 0 spiro atoms. The quantitative estimate of drug-likeness (QED) is 0.856. The summed E-state index contributed by atoms with van der Waals surface area (Å²) in [6, 6.07) is 7.71. The van der Waals surface area contributed by atoms with E-state index in [9.17, 15) is 4.79 Å². The largest absolute Gasteiger partial charge is 0.326 e. The van der Waals surface area contributed by atoms with Gasteiger partial charge in [0.1, 0.15) is 0 Å². The first-order chi connectivity index (χ1) is 8.13. The second kappa shape index (κ2) is 5.59. The molecule has 0 aliphatic heterocycles. The van der Waals surface area contributed by atoms with Crippen molar-refractivity contribution in [3.63, 3.8) is 0 Å². The van der Waals surface area contributed by atoms with E-state index >= 15 is 0 Å². The minimum Gasteiger partial charge on any atom is -0.326 e. The third kappa shape index (κ3) is 3.78. The first-order valence-electron chi connectivity index (χ1n) is 5.10. The fraction of sp³-hybridized carbons (Fsp3) is 0.167. The number of halogens is 1. The standard InChI is InChI=1S/C12H11IN2OS/c1-8-14-11(7-17-8)6-12(16)15-10-4-2-9(13)3-5-10/h2-5,7H,6H2,1H3,(H,15,16). The van der Waals surface area contributed by atoms with Crippen LogP contribution in [-0.4, -0.2) is 10.9 Å². The van der Waals surface area contributed by atoms with Crippen molar-refractivity contribution in [2.75, 3.05) is 5.32 Å². The van der Waals surface area contributed by atoms with Gasteiger partial charge in [0.2, 0.25) is 5.91 Å². The van der Waals surface area contributed by atoms with Gasteiger partial charge in [-0.1, -0.05) is 0 Å². The second-order valence-corrected chi connectivity index (χ2v) is 5.90. The molecule has 0 bridgehead atoms. The van der Waals surface area contributed by atoms with Crippen molar-refractivity contribution in [3.05, 3.63) is 43.9 Å². The van der Waals surface area contributed by atoms with Gasteiger partial charge in [0, 0.05) is 14.6 Å². The number of hydrogen-bond acceptors (Lipinski definition) is 3. The van der Waals surface area contributed by atoms with Gasteiger partial charge in [-0.15, -0.1) is 11.3 Å². The van der Waals surface area contributed by atoms with E-state index in [4.69, 9.17) is 0 Å². The Bertz CT molecular complexity index is 522. The summed E-state index contributed by atoms with van der Waals surface area (Å²) in [6.45, 7) is 1.94. The minimum atomic E-state index is -0.0310. The van der Waals surface area contributed by atoms with Gasteiger partial charge in [-0.05, 0) is 53.8 Å². The number of nitrogens with zero attached hydrogens (tertiary/aromatic N) is 1. The van der Waals surface area contributed by atoms with Gasteiger partial charge in [-0.2, -0.15) is 0 Å². The Morgan fingerprint density at radius 3 is 2.71 bits per heavy atom. The highest BCUT2D eigenvalue weighted by Gasteiger charge is 2.06. The maximum Gasteiger partial charge on any atom is 0.230 e. The summed E-state index contributed by atoms with van der Waals surface area (Å²) in [6.07, 6.45) is 0.330. The fourth-order valence-corrected chi connectivity index (χ4v) is 2.36. The first-order valence-corrected chi connectivity index (χ1v) is 7.06. The number of benzene rings is 1. The Balaban J connectivity index is 1.95. The normalized spacial score (nSPS) is 10.2. The number of carbonyl (C=O) groups is 1. The zero-order valence-electron chi connectivity index (χ0n) is 9.24. The van der Waals surface area contributed by atoms with Gasteiger partial charge in [-0.3, -0.25) is 4.79 Å². The Kier molecular flexibility index (Phi) is 4.11. The third-order valence-corrected chi connectivity index (χ3v) is 3.68. The number of hydrogen-bond donors (Lipinski definition) is 1. The zero-order chi connectivity index (χ0) is 12.3. The summed E-state index contributed by atoms with van der Waals surface area (Å²) < 4.78 is 1.15. The van der Waals surface area contributed by atoms with E-state index < -0.39 is 0 Å². The van der Waals surface area contributed by atoms with Gasteiger partial charge < -0.3 is 5.32 Å². The van der Waals surface area contributed by atoms with Crippen LogP contribution in [0.4, 0.5) is 5.69 Å². The minimum absolute atomic E-state index is 0.0310. The molecule has 1 aromatic heterocycles. The Morgan fingerprint density at radius 1 is 1.41 bits per heavy atom. The average Bonchev–Trinajstić information content (AvgIpc) is 2.67. The monoisotopic (exact) mass is 358 g/mol. The van der Waals surface area contributed by atoms with Crippen molar-refractivity contribution >= 4 is 45.5 Å². The molecule has 0 atom stereocenters. The molecule has 2 aromatic rings. The Hall–Kier alpha value is -0.950. The molecule has 1 aromatic carbocycles. The van der Waals surface area contributed by atoms with Crippen LogP contribution in [0.5, 0.6) is 0 Å². The van der Waals surface area contributed by atoms with E-state index in [2.05, 4.69) is 32.9 Å². The van der Waals surface area contributed by atoms with Gasteiger partial charge in [0.05, 0.1) is 17.1 Å². The summed E-state index contributed by atoms with van der Waals surface area (Å²) in [5.41, 5.74) is 1.65. The smallest absolute Gasteiger partial charge is 0.230 e. The van der Waals surface area contributed by atoms with Gasteiger partial charge >= 0.3 is 0 Å². The second-order valence-electron chi connectivity index (χ2n) is 3.59. The number of aromatic nitrogens is 1. The van der Waals surface area contributed by atoms with Crippen LogP contribution >= 0.6 is 33.9 Å². The van der Waals surface area contributed by atoms with Crippen molar-refractivity contribution in [3.8, 4) is 0 Å². The molecule has 3 nitrogen and oxygen atoms in total. The highest BCUT2D eigenvalue weighted by atomic mass is 127. The van der Waals surface area contributed by atoms with Crippen LogP contribution in [0.1, 0.15) is 10.7 Å². The summed E-state index contributed by atoms with van der Waals surface area (Å²) in [5, 5.41) is 5.76. The van der Waals surface area contributed by atoms with Crippen LogP contribution in [0.3, 0.4) is 0 Å². The van der Waals surface area contributed by atoms with Crippen LogP contribution in [0.25, 0.3) is 0 Å². The number of nitrogens with one attached hydrogen (secondary N) is 1. The van der Waals surface area contributed by atoms with Crippen molar-refractivity contribution in [2.24, 2.45) is 0 Å². The molecule has 1 amide bonds. The fourth-order valence-electron chi connectivity index (χ4n) is 1.39. The van der Waals surface area contributed by atoms with Gasteiger partial charge in [0.15, 0.2) is 0 Å². The summed E-state index contributed by atoms with van der Waals surface area (Å²) in [5.74, 6) is -0.0310. The average molecular weight is 358 g/mol. The van der Waals surface area contributed by atoms with Crippen LogP contribution < -0.4 is 5.32 Å². The molecular weight excluding hydrogens is 347 g/mol. The van der Waals surface area contributed by atoms with E-state index in [1.165, 1.54) is 0 Å². The van der Waals surface area contributed by atoms with Crippen LogP contribution in [0.15, 0.2) is 29.6 Å². The maximum atomic E-state index is 11.7. The lowest BCUT2D eigenvalue weighted by Gasteiger charge is -2.03. The van der Waals surface area contributed by atoms with E-state index in [-0.39, 0.29) is 5.91 Å². The molecule has 0 fully saturated rings. The Labute approximate surface area is 117 Å². The Morgan fingerprint density at radius 2 is 2.12 bits per heavy atom. The lowest BCUT2D eigenvalue weighted by atomic mass is 10.3. The SMILES string of the molecule is Cc1nc(CC(=O)Nc2ccc(I)cc2)cs1. The molecule has 0 radical (unpaired) electrons. The number of rotatable bonds is 3. The third-order valence-electron chi connectivity index (χ3n) is 2.14. The summed E-state index contributed by atoms with van der Waals surface area (Å²) in [7, 11) is 0. The predicted molar refractivity (Wildman–Crippen MR) is 78.3 cm³/mol. The molecule has 5 heteroatoms. The van der Waals surface area contributed by atoms with Crippen LogP contribution in [-0.2, 0) is 11.2 Å². The van der Waals surface area contributed by atoms with Gasteiger partial charge in [-0.25, -0.2) is 4.98 Å². The summed E-state index contributed by atoms with van der Waals surface area (Å²) in [4.78, 5) is 16.0. The van der Waals surface area contributed by atoms with Crippen molar-refractivity contribution in [1.82, 2.24) is 4.98 Å². The van der Waals surface area contributed by atoms with Crippen molar-refractivity contribution < 1.29 is 4.79 Å².